The van der Waals surface area contributed by atoms with E-state index >= 15 is 0 Å². The van der Waals surface area contributed by atoms with Crippen molar-refractivity contribution in [2.24, 2.45) is 11.3 Å². The molecule has 0 aliphatic heterocycles. The molecule has 0 radical (unpaired) electrons. The molecule has 3 nitrogen and oxygen atoms in total. The number of hydrogen-bond acceptors (Lipinski definition) is 2. The van der Waals surface area contributed by atoms with Gasteiger partial charge < -0.3 is 0 Å². The van der Waals surface area contributed by atoms with Gasteiger partial charge in [-0.15, -0.1) is 23.2 Å². The highest BCUT2D eigenvalue weighted by Gasteiger charge is 2.67. The van der Waals surface area contributed by atoms with E-state index in [2.05, 4.69) is 0 Å². The standard InChI is InChI=1S/C5H8Cl2N2O/c1-4(3(10)9-8)2-5(4,6)7/h2,8H2,1H3,(H,9,10). The summed E-state index contributed by atoms with van der Waals surface area (Å²) >= 11 is 11.3. The largest absolute Gasteiger partial charge is 0.294 e. The lowest BCUT2D eigenvalue weighted by atomic mass is 10.1. The van der Waals surface area contributed by atoms with E-state index in [4.69, 9.17) is 29.0 Å². The van der Waals surface area contributed by atoms with Crippen molar-refractivity contribution in [1.29, 1.82) is 0 Å². The summed E-state index contributed by atoms with van der Waals surface area (Å²) in [5, 5.41) is 0. The highest BCUT2D eigenvalue weighted by atomic mass is 35.5. The van der Waals surface area contributed by atoms with Gasteiger partial charge in [0.05, 0.1) is 5.41 Å². The first-order chi connectivity index (χ1) is 4.44. The van der Waals surface area contributed by atoms with Gasteiger partial charge >= 0.3 is 0 Å². The first kappa shape index (κ1) is 8.11. The molecule has 1 aliphatic rings. The van der Waals surface area contributed by atoms with E-state index in [1.54, 1.807) is 6.92 Å². The number of carbonyl (C=O) groups is 1. The minimum absolute atomic E-state index is 0.308. The van der Waals surface area contributed by atoms with Gasteiger partial charge in [-0.25, -0.2) is 5.84 Å². The van der Waals surface area contributed by atoms with Gasteiger partial charge in [-0.05, 0) is 13.3 Å². The van der Waals surface area contributed by atoms with Crippen LogP contribution < -0.4 is 11.3 Å². The second-order valence-corrected chi connectivity index (χ2v) is 4.17. The lowest BCUT2D eigenvalue weighted by Crippen LogP contribution is -2.37. The molecule has 10 heavy (non-hydrogen) atoms. The van der Waals surface area contributed by atoms with Crippen LogP contribution in [0.1, 0.15) is 13.3 Å². The van der Waals surface area contributed by atoms with Crippen molar-refractivity contribution in [3.05, 3.63) is 0 Å². The molecule has 1 saturated carbocycles. The molecule has 0 saturated heterocycles. The molecule has 1 atom stereocenters. The minimum atomic E-state index is -0.920. The maximum Gasteiger partial charge on any atom is 0.242 e. The maximum absolute atomic E-state index is 10.9. The Morgan fingerprint density at radius 3 is 2.20 bits per heavy atom. The first-order valence-corrected chi connectivity index (χ1v) is 3.58. The third kappa shape index (κ3) is 0.892. The van der Waals surface area contributed by atoms with Crippen molar-refractivity contribution in [2.75, 3.05) is 0 Å². The maximum atomic E-state index is 10.9. The molecule has 1 amide bonds. The summed E-state index contributed by atoms with van der Waals surface area (Å²) in [7, 11) is 0. The number of alkyl halides is 2. The molecule has 0 spiro atoms. The smallest absolute Gasteiger partial charge is 0.242 e. The average Bonchev–Trinajstić information content (AvgIpc) is 2.32. The van der Waals surface area contributed by atoms with Crippen molar-refractivity contribution in [3.8, 4) is 0 Å². The summed E-state index contributed by atoms with van der Waals surface area (Å²) in [4.78, 5) is 10.9. The second-order valence-electron chi connectivity index (χ2n) is 2.69. The van der Waals surface area contributed by atoms with Crippen LogP contribution in [0.15, 0.2) is 0 Å². The fourth-order valence-corrected chi connectivity index (χ4v) is 1.51. The van der Waals surface area contributed by atoms with Crippen LogP contribution in [0, 0.1) is 5.41 Å². The third-order valence-electron chi connectivity index (χ3n) is 1.89. The molecular formula is C5H8Cl2N2O. The molecule has 0 aromatic rings. The van der Waals surface area contributed by atoms with E-state index in [9.17, 15) is 4.79 Å². The molecule has 0 aromatic heterocycles. The number of amides is 1. The zero-order valence-electron chi connectivity index (χ0n) is 5.45. The molecule has 5 heteroatoms. The van der Waals surface area contributed by atoms with E-state index < -0.39 is 9.75 Å². The molecule has 0 bridgehead atoms. The molecule has 58 valence electrons. The van der Waals surface area contributed by atoms with E-state index in [0.29, 0.717) is 6.42 Å². The molecule has 1 aliphatic carbocycles. The summed E-state index contributed by atoms with van der Waals surface area (Å²) in [5.74, 6) is 4.59. The summed E-state index contributed by atoms with van der Waals surface area (Å²) < 4.78 is -0.920. The van der Waals surface area contributed by atoms with Crippen LogP contribution in [0.4, 0.5) is 0 Å². The normalized spacial score (nSPS) is 35.2. The summed E-state index contributed by atoms with van der Waals surface area (Å²) in [6.45, 7) is 1.68. The van der Waals surface area contributed by atoms with Crippen LogP contribution in [-0.4, -0.2) is 10.2 Å². The molecule has 1 unspecified atom stereocenters. The molecule has 1 rings (SSSR count). The Hall–Kier alpha value is 0.01000. The van der Waals surface area contributed by atoms with Crippen LogP contribution in [0.5, 0.6) is 0 Å². The minimum Gasteiger partial charge on any atom is -0.294 e. The number of carbonyl (C=O) groups excluding carboxylic acids is 1. The van der Waals surface area contributed by atoms with Crippen molar-refractivity contribution < 1.29 is 4.79 Å². The number of hydrazine groups is 1. The predicted octanol–water partition coefficient (Wildman–Crippen LogP) is 0.560. The Morgan fingerprint density at radius 1 is 1.70 bits per heavy atom. The van der Waals surface area contributed by atoms with E-state index in [1.165, 1.54) is 0 Å². The van der Waals surface area contributed by atoms with Crippen molar-refractivity contribution >= 4 is 29.1 Å². The number of rotatable bonds is 1. The van der Waals surface area contributed by atoms with Crippen molar-refractivity contribution in [1.82, 2.24) is 5.43 Å². The number of nitrogens with one attached hydrogen (secondary N) is 1. The van der Waals surface area contributed by atoms with E-state index in [0.717, 1.165) is 0 Å². The second kappa shape index (κ2) is 2.00. The van der Waals surface area contributed by atoms with Gasteiger partial charge in [0.15, 0.2) is 0 Å². The van der Waals surface area contributed by atoms with Crippen molar-refractivity contribution in [2.45, 2.75) is 17.7 Å². The van der Waals surface area contributed by atoms with Gasteiger partial charge in [0.1, 0.15) is 4.33 Å². The first-order valence-electron chi connectivity index (χ1n) is 2.83. The molecule has 3 N–H and O–H groups in total. The SMILES string of the molecule is CC1(C(=O)NN)CC1(Cl)Cl. The highest BCUT2D eigenvalue weighted by molar-refractivity contribution is 6.53. The van der Waals surface area contributed by atoms with Crippen LogP contribution >= 0.6 is 23.2 Å². The van der Waals surface area contributed by atoms with Gasteiger partial charge in [0.2, 0.25) is 5.91 Å². The molecule has 1 fully saturated rings. The molecule has 0 aromatic carbocycles. The number of hydrogen-bond donors (Lipinski definition) is 2. The topological polar surface area (TPSA) is 55.1 Å². The Morgan fingerprint density at radius 2 is 2.10 bits per heavy atom. The molecular weight excluding hydrogens is 175 g/mol. The average molecular weight is 183 g/mol. The van der Waals surface area contributed by atoms with Crippen molar-refractivity contribution in [3.63, 3.8) is 0 Å². The van der Waals surface area contributed by atoms with Gasteiger partial charge in [0, 0.05) is 0 Å². The fraction of sp³-hybridized carbons (Fsp3) is 0.800. The van der Waals surface area contributed by atoms with Gasteiger partial charge in [-0.2, -0.15) is 0 Å². The zero-order valence-corrected chi connectivity index (χ0v) is 6.96. The lowest BCUT2D eigenvalue weighted by Gasteiger charge is -2.08. The Balaban J connectivity index is 2.68. The quantitative estimate of drug-likeness (QED) is 0.270. The Kier molecular flexibility index (Phi) is 1.62. The number of halogens is 2. The molecule has 0 heterocycles. The van der Waals surface area contributed by atoms with Gasteiger partial charge in [0.25, 0.3) is 0 Å². The van der Waals surface area contributed by atoms with Gasteiger partial charge in [-0.1, -0.05) is 0 Å². The van der Waals surface area contributed by atoms with Crippen LogP contribution in [-0.2, 0) is 4.79 Å². The summed E-state index contributed by atoms with van der Waals surface area (Å²) in [6, 6.07) is 0. The zero-order chi connectivity index (χ0) is 7.99. The van der Waals surface area contributed by atoms with Crippen LogP contribution in [0.25, 0.3) is 0 Å². The van der Waals surface area contributed by atoms with E-state index in [-0.39, 0.29) is 5.91 Å². The number of nitrogens with two attached hydrogens (primary N) is 1. The van der Waals surface area contributed by atoms with Crippen LogP contribution in [0.2, 0.25) is 0 Å². The lowest BCUT2D eigenvalue weighted by molar-refractivity contribution is -0.125. The third-order valence-corrected chi connectivity index (χ3v) is 2.99. The Bertz CT molecular complexity index is 182. The predicted molar refractivity (Wildman–Crippen MR) is 39.5 cm³/mol. The van der Waals surface area contributed by atoms with Gasteiger partial charge in [-0.3, -0.25) is 10.2 Å². The fourth-order valence-electron chi connectivity index (χ4n) is 0.806. The monoisotopic (exact) mass is 182 g/mol. The van der Waals surface area contributed by atoms with E-state index in [1.807, 2.05) is 5.43 Å². The summed E-state index contributed by atoms with van der Waals surface area (Å²) in [5.41, 5.74) is 1.33. The highest BCUT2D eigenvalue weighted by Crippen LogP contribution is 2.63. The van der Waals surface area contributed by atoms with Crippen LogP contribution in [0.3, 0.4) is 0 Å². The Labute approximate surface area is 68.8 Å². The summed E-state index contributed by atoms with van der Waals surface area (Å²) in [6.07, 6.45) is 0.464.